The third kappa shape index (κ3) is 5.71. The van der Waals surface area contributed by atoms with E-state index >= 15 is 0 Å². The molecule has 2 aromatic carbocycles. The Kier molecular flexibility index (Phi) is 7.47. The number of carbonyl (C=O) groups is 1. The molecule has 3 atom stereocenters. The van der Waals surface area contributed by atoms with E-state index in [2.05, 4.69) is 5.32 Å². The Bertz CT molecular complexity index is 727. The molecule has 0 fully saturated rings. The van der Waals surface area contributed by atoms with Gasteiger partial charge in [-0.2, -0.15) is 0 Å². The minimum atomic E-state index is -1.04. The van der Waals surface area contributed by atoms with Crippen molar-refractivity contribution >= 4 is 29.1 Å². The smallest absolute Gasteiger partial charge is 0.220 e. The zero-order valence-corrected chi connectivity index (χ0v) is 16.3. The third-order valence-electron chi connectivity index (χ3n) is 4.18. The average Bonchev–Trinajstić information content (AvgIpc) is 2.60. The van der Waals surface area contributed by atoms with Crippen molar-refractivity contribution in [1.29, 1.82) is 0 Å². The van der Waals surface area contributed by atoms with Crippen molar-refractivity contribution in [2.24, 2.45) is 0 Å². The summed E-state index contributed by atoms with van der Waals surface area (Å²) >= 11 is 12.1. The second-order valence-corrected chi connectivity index (χ2v) is 7.19. The maximum atomic E-state index is 11.7. The molecule has 0 saturated carbocycles. The van der Waals surface area contributed by atoms with Crippen molar-refractivity contribution in [1.82, 2.24) is 5.32 Å². The molecule has 1 amide bonds. The minimum absolute atomic E-state index is 0.167. The van der Waals surface area contributed by atoms with Crippen LogP contribution in [0.15, 0.2) is 42.5 Å². The zero-order chi connectivity index (χ0) is 19.3. The van der Waals surface area contributed by atoms with Crippen LogP contribution in [-0.4, -0.2) is 34.4 Å². The number of carbonyl (C=O) groups excluding carboxylic acids is 1. The maximum absolute atomic E-state index is 11.7. The Morgan fingerprint density at radius 2 is 1.62 bits per heavy atom. The summed E-state index contributed by atoms with van der Waals surface area (Å²) in [6, 6.07) is 12.5. The van der Waals surface area contributed by atoms with Gasteiger partial charge in [0.2, 0.25) is 5.91 Å². The van der Waals surface area contributed by atoms with E-state index in [0.717, 1.165) is 16.7 Å². The van der Waals surface area contributed by atoms with Crippen LogP contribution in [0.25, 0.3) is 11.1 Å². The van der Waals surface area contributed by atoms with Crippen LogP contribution in [0.1, 0.15) is 25.8 Å². The van der Waals surface area contributed by atoms with Gasteiger partial charge in [-0.05, 0) is 48.2 Å². The van der Waals surface area contributed by atoms with Crippen LogP contribution in [-0.2, 0) is 11.2 Å². The van der Waals surface area contributed by atoms with Gasteiger partial charge in [-0.3, -0.25) is 4.79 Å². The summed E-state index contributed by atoms with van der Waals surface area (Å²) in [7, 11) is 0. The highest BCUT2D eigenvalue weighted by Gasteiger charge is 2.25. The van der Waals surface area contributed by atoms with Gasteiger partial charge < -0.3 is 15.5 Å². The van der Waals surface area contributed by atoms with Gasteiger partial charge in [0.25, 0.3) is 0 Å². The Morgan fingerprint density at radius 1 is 1.04 bits per heavy atom. The molecule has 2 rings (SSSR count). The van der Waals surface area contributed by atoms with Gasteiger partial charge in [0, 0.05) is 16.5 Å². The fraction of sp³-hybridized carbons (Fsp3) is 0.350. The summed E-state index contributed by atoms with van der Waals surface area (Å²) in [4.78, 5) is 11.7. The van der Waals surface area contributed by atoms with E-state index in [0.29, 0.717) is 22.9 Å². The normalized spacial score (nSPS) is 14.5. The summed E-state index contributed by atoms with van der Waals surface area (Å²) in [6.45, 7) is 3.24. The molecule has 6 heteroatoms. The monoisotopic (exact) mass is 395 g/mol. The Labute approximate surface area is 163 Å². The number of benzene rings is 2. The zero-order valence-electron chi connectivity index (χ0n) is 14.7. The molecule has 0 saturated heterocycles. The van der Waals surface area contributed by atoms with E-state index in [9.17, 15) is 15.0 Å². The van der Waals surface area contributed by atoms with Gasteiger partial charge in [0.1, 0.15) is 6.10 Å². The van der Waals surface area contributed by atoms with Crippen LogP contribution < -0.4 is 5.32 Å². The van der Waals surface area contributed by atoms with Crippen molar-refractivity contribution in [2.75, 3.05) is 0 Å². The predicted octanol–water partition coefficient (Wildman–Crippen LogP) is 3.84. The number of hydrogen-bond acceptors (Lipinski definition) is 3. The fourth-order valence-electron chi connectivity index (χ4n) is 2.71. The van der Waals surface area contributed by atoms with Crippen molar-refractivity contribution in [3.63, 3.8) is 0 Å². The second-order valence-electron chi connectivity index (χ2n) is 6.32. The largest absolute Gasteiger partial charge is 0.391 e. The van der Waals surface area contributed by atoms with Gasteiger partial charge in [-0.1, -0.05) is 54.4 Å². The lowest BCUT2D eigenvalue weighted by molar-refractivity contribution is -0.123. The molecule has 0 aliphatic rings. The Balaban J connectivity index is 2.18. The summed E-state index contributed by atoms with van der Waals surface area (Å²) in [6.07, 6.45) is -1.26. The number of amides is 1. The Hall–Kier alpha value is -1.59. The second kappa shape index (κ2) is 9.38. The third-order valence-corrected chi connectivity index (χ3v) is 4.62. The van der Waals surface area contributed by atoms with E-state index in [1.165, 1.54) is 6.92 Å². The van der Waals surface area contributed by atoms with Gasteiger partial charge in [0.05, 0.1) is 12.1 Å². The van der Waals surface area contributed by atoms with E-state index in [1.807, 2.05) is 36.4 Å². The number of halogens is 2. The average molecular weight is 396 g/mol. The summed E-state index contributed by atoms with van der Waals surface area (Å²) < 4.78 is 0. The topological polar surface area (TPSA) is 69.6 Å². The first kappa shape index (κ1) is 20.7. The summed E-state index contributed by atoms with van der Waals surface area (Å²) in [5, 5.41) is 23.8. The predicted molar refractivity (Wildman–Crippen MR) is 106 cm³/mol. The maximum Gasteiger partial charge on any atom is 0.220 e. The molecule has 140 valence electrons. The van der Waals surface area contributed by atoms with Crippen molar-refractivity contribution in [3.8, 4) is 11.1 Å². The van der Waals surface area contributed by atoms with Gasteiger partial charge in [-0.25, -0.2) is 0 Å². The van der Waals surface area contributed by atoms with Crippen LogP contribution in [0, 0.1) is 0 Å². The van der Waals surface area contributed by atoms with Crippen LogP contribution in [0.2, 0.25) is 10.0 Å². The molecule has 0 aromatic heterocycles. The quantitative estimate of drug-likeness (QED) is 0.666. The SMILES string of the molecule is CCC(=O)NC(Cc1ccc(-c2cc(Cl)cc(Cl)c2)cc1)C(O)C(C)O. The van der Waals surface area contributed by atoms with Crippen molar-refractivity contribution < 1.29 is 15.0 Å². The molecule has 0 radical (unpaired) electrons. The molecule has 0 aliphatic carbocycles. The highest BCUT2D eigenvalue weighted by molar-refractivity contribution is 6.35. The van der Waals surface area contributed by atoms with Crippen LogP contribution in [0.3, 0.4) is 0 Å². The fourth-order valence-corrected chi connectivity index (χ4v) is 3.24. The molecule has 26 heavy (non-hydrogen) atoms. The van der Waals surface area contributed by atoms with Crippen LogP contribution in [0.5, 0.6) is 0 Å². The first-order chi connectivity index (χ1) is 12.3. The van der Waals surface area contributed by atoms with Crippen LogP contribution in [0.4, 0.5) is 0 Å². The lowest BCUT2D eigenvalue weighted by atomic mass is 9.96. The summed E-state index contributed by atoms with van der Waals surface area (Å²) in [5.74, 6) is -0.167. The molecule has 3 unspecified atom stereocenters. The standard InChI is InChI=1S/C20H23Cl2NO3/c1-3-19(25)23-18(20(26)12(2)24)8-13-4-6-14(7-5-13)15-9-16(21)11-17(22)10-15/h4-7,9-12,18,20,24,26H,3,8H2,1-2H3,(H,23,25). The number of rotatable bonds is 7. The summed E-state index contributed by atoms with van der Waals surface area (Å²) in [5.41, 5.74) is 2.81. The van der Waals surface area contributed by atoms with E-state index in [1.54, 1.807) is 13.0 Å². The van der Waals surface area contributed by atoms with Crippen LogP contribution >= 0.6 is 23.2 Å². The molecular formula is C20H23Cl2NO3. The number of nitrogens with one attached hydrogen (secondary N) is 1. The molecule has 0 bridgehead atoms. The number of hydrogen-bond donors (Lipinski definition) is 3. The molecule has 4 nitrogen and oxygen atoms in total. The molecular weight excluding hydrogens is 373 g/mol. The molecule has 2 aromatic rings. The number of aliphatic hydroxyl groups excluding tert-OH is 2. The molecule has 0 aliphatic heterocycles. The highest BCUT2D eigenvalue weighted by atomic mass is 35.5. The first-order valence-electron chi connectivity index (χ1n) is 8.51. The molecule has 0 spiro atoms. The van der Waals surface area contributed by atoms with E-state index in [-0.39, 0.29) is 5.91 Å². The number of aliphatic hydroxyl groups is 2. The minimum Gasteiger partial charge on any atom is -0.391 e. The van der Waals surface area contributed by atoms with Gasteiger partial charge >= 0.3 is 0 Å². The van der Waals surface area contributed by atoms with E-state index < -0.39 is 18.2 Å². The first-order valence-corrected chi connectivity index (χ1v) is 9.26. The molecule has 3 N–H and O–H groups in total. The van der Waals surface area contributed by atoms with E-state index in [4.69, 9.17) is 23.2 Å². The molecule has 0 heterocycles. The lowest BCUT2D eigenvalue weighted by Gasteiger charge is -2.26. The van der Waals surface area contributed by atoms with Gasteiger partial charge in [0.15, 0.2) is 0 Å². The Morgan fingerprint density at radius 3 is 2.12 bits per heavy atom. The van der Waals surface area contributed by atoms with Crippen molar-refractivity contribution in [3.05, 3.63) is 58.1 Å². The van der Waals surface area contributed by atoms with Gasteiger partial charge in [-0.15, -0.1) is 0 Å². The highest BCUT2D eigenvalue weighted by Crippen LogP contribution is 2.27. The lowest BCUT2D eigenvalue weighted by Crippen LogP contribution is -2.48. The van der Waals surface area contributed by atoms with Crippen molar-refractivity contribution in [2.45, 2.75) is 44.9 Å².